The fourth-order valence-electron chi connectivity index (χ4n) is 3.67. The summed E-state index contributed by atoms with van der Waals surface area (Å²) in [6.45, 7) is 0. The quantitative estimate of drug-likeness (QED) is 0.413. The number of carbonyl (C=O) groups excluding carboxylic acids is 3. The van der Waals surface area contributed by atoms with Gasteiger partial charge in [-0.25, -0.2) is 4.39 Å². The zero-order chi connectivity index (χ0) is 21.3. The fraction of sp³-hybridized carbons (Fsp3) is 0.227. The van der Waals surface area contributed by atoms with Gasteiger partial charge in [0, 0.05) is 10.6 Å². The summed E-state index contributed by atoms with van der Waals surface area (Å²) in [7, 11) is 0. The molecule has 1 N–H and O–H groups in total. The van der Waals surface area contributed by atoms with Crippen LogP contribution in [0.2, 0.25) is 5.02 Å². The number of halogens is 2. The molecule has 0 bridgehead atoms. The highest BCUT2D eigenvalue weighted by molar-refractivity contribution is 8.00. The van der Waals surface area contributed by atoms with Crippen molar-refractivity contribution in [2.45, 2.75) is 17.7 Å². The third-order valence-electron chi connectivity index (χ3n) is 5.18. The number of rotatable bonds is 5. The van der Waals surface area contributed by atoms with Crippen molar-refractivity contribution in [1.29, 1.82) is 0 Å². The molecule has 30 heavy (non-hydrogen) atoms. The van der Waals surface area contributed by atoms with Crippen molar-refractivity contribution < 1.29 is 18.8 Å². The number of anilines is 2. The lowest BCUT2D eigenvalue weighted by Crippen LogP contribution is -2.30. The van der Waals surface area contributed by atoms with Gasteiger partial charge in [-0.3, -0.25) is 19.3 Å². The Bertz CT molecular complexity index is 1020. The topological polar surface area (TPSA) is 66.5 Å². The van der Waals surface area contributed by atoms with Gasteiger partial charge >= 0.3 is 0 Å². The summed E-state index contributed by atoms with van der Waals surface area (Å²) < 4.78 is 13.2. The van der Waals surface area contributed by atoms with Crippen LogP contribution in [0, 0.1) is 17.7 Å². The van der Waals surface area contributed by atoms with Crippen LogP contribution in [-0.4, -0.2) is 23.5 Å². The molecule has 1 heterocycles. The van der Waals surface area contributed by atoms with E-state index in [-0.39, 0.29) is 40.3 Å². The highest BCUT2D eigenvalue weighted by Crippen LogP contribution is 2.38. The smallest absolute Gasteiger partial charge is 0.238 e. The number of carbonyl (C=O) groups is 3. The second-order valence-corrected chi connectivity index (χ2v) is 8.58. The van der Waals surface area contributed by atoms with Crippen LogP contribution >= 0.6 is 23.4 Å². The Morgan fingerprint density at radius 2 is 1.70 bits per heavy atom. The second-order valence-electron chi connectivity index (χ2n) is 7.13. The van der Waals surface area contributed by atoms with Crippen molar-refractivity contribution in [2.75, 3.05) is 16.0 Å². The minimum absolute atomic E-state index is 0.0577. The third-order valence-corrected chi connectivity index (χ3v) is 6.48. The van der Waals surface area contributed by atoms with Crippen molar-refractivity contribution in [3.05, 3.63) is 65.5 Å². The molecule has 4 rings (SSSR count). The van der Waals surface area contributed by atoms with Gasteiger partial charge in [0.1, 0.15) is 5.82 Å². The minimum Gasteiger partial charge on any atom is -0.325 e. The molecule has 0 aromatic heterocycles. The van der Waals surface area contributed by atoms with Crippen LogP contribution in [0.3, 0.4) is 0 Å². The van der Waals surface area contributed by atoms with Crippen molar-refractivity contribution >= 4 is 52.5 Å². The number of nitrogens with one attached hydrogen (secondary N) is 1. The summed E-state index contributed by atoms with van der Waals surface area (Å²) in [6.07, 6.45) is 5.13. The van der Waals surface area contributed by atoms with Crippen molar-refractivity contribution in [3.8, 4) is 0 Å². The lowest BCUT2D eigenvalue weighted by atomic mass is 9.85. The molecule has 0 spiro atoms. The Kier molecular flexibility index (Phi) is 5.92. The molecule has 2 aromatic carbocycles. The first-order valence-corrected chi connectivity index (χ1v) is 10.8. The molecule has 5 nitrogen and oxygen atoms in total. The molecule has 1 saturated heterocycles. The lowest BCUT2D eigenvalue weighted by Gasteiger charge is -2.15. The van der Waals surface area contributed by atoms with E-state index in [2.05, 4.69) is 5.32 Å². The largest absolute Gasteiger partial charge is 0.325 e. The van der Waals surface area contributed by atoms with E-state index in [9.17, 15) is 18.8 Å². The van der Waals surface area contributed by atoms with Crippen molar-refractivity contribution in [1.82, 2.24) is 0 Å². The zero-order valence-electron chi connectivity index (χ0n) is 15.8. The first-order valence-electron chi connectivity index (χ1n) is 9.44. The maximum absolute atomic E-state index is 13.2. The van der Waals surface area contributed by atoms with E-state index in [1.165, 1.54) is 34.9 Å². The monoisotopic (exact) mass is 444 g/mol. The lowest BCUT2D eigenvalue weighted by molar-refractivity contribution is -0.122. The van der Waals surface area contributed by atoms with Gasteiger partial charge in [-0.1, -0.05) is 23.8 Å². The Morgan fingerprint density at radius 3 is 2.30 bits per heavy atom. The standard InChI is InChI=1S/C22H18ClFN2O3S/c23-18-11-13(5-10-19(18)24)25-20(27)12-30-15-8-6-14(7-9-15)26-21(28)16-3-1-2-4-17(16)22(26)29/h1-2,5-11,16-17H,3-4,12H2,(H,25,27)/t16-,17-/m1/s1. The van der Waals surface area contributed by atoms with Crippen LogP contribution in [-0.2, 0) is 14.4 Å². The highest BCUT2D eigenvalue weighted by atomic mass is 35.5. The molecule has 2 aliphatic rings. The van der Waals surface area contributed by atoms with Gasteiger partial charge in [0.25, 0.3) is 0 Å². The number of amides is 3. The summed E-state index contributed by atoms with van der Waals surface area (Å²) >= 11 is 7.02. The molecule has 0 radical (unpaired) electrons. The summed E-state index contributed by atoms with van der Waals surface area (Å²) in [4.78, 5) is 39.5. The van der Waals surface area contributed by atoms with E-state index in [1.807, 2.05) is 12.2 Å². The minimum atomic E-state index is -0.547. The molecular weight excluding hydrogens is 427 g/mol. The van der Waals surface area contributed by atoms with E-state index in [0.717, 1.165) is 4.90 Å². The molecule has 0 unspecified atom stereocenters. The first-order chi connectivity index (χ1) is 14.4. The average Bonchev–Trinajstić information content (AvgIpc) is 3.00. The van der Waals surface area contributed by atoms with E-state index >= 15 is 0 Å². The van der Waals surface area contributed by atoms with Crippen LogP contribution in [0.25, 0.3) is 0 Å². The predicted octanol–water partition coefficient (Wildman–Crippen LogP) is 4.67. The van der Waals surface area contributed by atoms with E-state index in [4.69, 9.17) is 11.6 Å². The molecule has 154 valence electrons. The number of hydrogen-bond donors (Lipinski definition) is 1. The first kappa shape index (κ1) is 20.6. The maximum atomic E-state index is 13.2. The second kappa shape index (κ2) is 8.62. The SMILES string of the molecule is O=C(CSc1ccc(N2C(=O)[C@@H]3CC=CC[C@H]3C2=O)cc1)Nc1ccc(F)c(Cl)c1. The van der Waals surface area contributed by atoms with Crippen LogP contribution < -0.4 is 10.2 Å². The van der Waals surface area contributed by atoms with Gasteiger partial charge in [0.15, 0.2) is 0 Å². The molecule has 2 atom stereocenters. The van der Waals surface area contributed by atoms with Gasteiger partial charge < -0.3 is 5.32 Å². The molecule has 1 aliphatic heterocycles. The Balaban J connectivity index is 1.36. The van der Waals surface area contributed by atoms with Gasteiger partial charge in [-0.15, -0.1) is 11.8 Å². The molecule has 2 aromatic rings. The number of imide groups is 1. The number of thioether (sulfide) groups is 1. The van der Waals surface area contributed by atoms with Gasteiger partial charge in [-0.05, 0) is 55.3 Å². The maximum Gasteiger partial charge on any atom is 0.238 e. The number of allylic oxidation sites excluding steroid dienone is 2. The van der Waals surface area contributed by atoms with Crippen LogP contribution in [0.4, 0.5) is 15.8 Å². The van der Waals surface area contributed by atoms with Gasteiger partial charge in [0.2, 0.25) is 17.7 Å². The molecule has 1 aliphatic carbocycles. The van der Waals surface area contributed by atoms with Crippen LogP contribution in [0.5, 0.6) is 0 Å². The molecule has 1 fully saturated rings. The Labute approximate surface area is 182 Å². The number of nitrogens with zero attached hydrogens (tertiary/aromatic N) is 1. The van der Waals surface area contributed by atoms with E-state index in [0.29, 0.717) is 24.2 Å². The zero-order valence-corrected chi connectivity index (χ0v) is 17.4. The normalized spacial score (nSPS) is 20.4. The van der Waals surface area contributed by atoms with Crippen LogP contribution in [0.15, 0.2) is 59.5 Å². The van der Waals surface area contributed by atoms with E-state index < -0.39 is 5.82 Å². The van der Waals surface area contributed by atoms with Crippen LogP contribution in [0.1, 0.15) is 12.8 Å². The molecule has 3 amide bonds. The average molecular weight is 445 g/mol. The van der Waals surface area contributed by atoms with Gasteiger partial charge in [0.05, 0.1) is 28.3 Å². The summed E-state index contributed by atoms with van der Waals surface area (Å²) in [5.41, 5.74) is 0.971. The molecular formula is C22H18ClFN2O3S. The number of hydrogen-bond acceptors (Lipinski definition) is 4. The summed E-state index contributed by atoms with van der Waals surface area (Å²) in [5.74, 6) is -1.48. The Morgan fingerprint density at radius 1 is 1.07 bits per heavy atom. The van der Waals surface area contributed by atoms with Gasteiger partial charge in [-0.2, -0.15) is 0 Å². The summed E-state index contributed by atoms with van der Waals surface area (Å²) in [5, 5.41) is 2.60. The summed E-state index contributed by atoms with van der Waals surface area (Å²) in [6, 6.07) is 11.0. The fourth-order valence-corrected chi connectivity index (χ4v) is 4.55. The third kappa shape index (κ3) is 4.13. The number of fused-ring (bicyclic) bond motifs is 1. The highest BCUT2D eigenvalue weighted by Gasteiger charge is 2.47. The number of benzene rings is 2. The predicted molar refractivity (Wildman–Crippen MR) is 115 cm³/mol. The van der Waals surface area contributed by atoms with E-state index in [1.54, 1.807) is 24.3 Å². The molecule has 0 saturated carbocycles. The van der Waals surface area contributed by atoms with Crippen molar-refractivity contribution in [2.24, 2.45) is 11.8 Å². The molecule has 8 heteroatoms. The Hall–Kier alpha value is -2.64. The van der Waals surface area contributed by atoms with Crippen molar-refractivity contribution in [3.63, 3.8) is 0 Å².